The summed E-state index contributed by atoms with van der Waals surface area (Å²) in [7, 11) is 0. The van der Waals surface area contributed by atoms with Crippen molar-refractivity contribution in [2.45, 2.75) is 38.9 Å². The maximum absolute atomic E-state index is 13.2. The minimum atomic E-state index is -4.27. The third kappa shape index (κ3) is 4.64. The van der Waals surface area contributed by atoms with E-state index in [4.69, 9.17) is 0 Å². The van der Waals surface area contributed by atoms with Gasteiger partial charge < -0.3 is 5.32 Å². The zero-order valence-electron chi connectivity index (χ0n) is 10.4. The van der Waals surface area contributed by atoms with Crippen LogP contribution in [0.2, 0.25) is 0 Å². The van der Waals surface area contributed by atoms with Gasteiger partial charge in [-0.2, -0.15) is 13.2 Å². The van der Waals surface area contributed by atoms with E-state index >= 15 is 0 Å². The van der Waals surface area contributed by atoms with Crippen LogP contribution in [-0.2, 0) is 0 Å². The van der Waals surface area contributed by atoms with E-state index < -0.39 is 24.5 Å². The first kappa shape index (κ1) is 15.0. The Hall–Kier alpha value is -1.10. The van der Waals surface area contributed by atoms with Crippen LogP contribution in [0, 0.1) is 12.7 Å². The Morgan fingerprint density at radius 2 is 1.94 bits per heavy atom. The molecule has 1 nitrogen and oxygen atoms in total. The van der Waals surface area contributed by atoms with Crippen molar-refractivity contribution in [3.05, 3.63) is 35.1 Å². The Morgan fingerprint density at radius 3 is 2.50 bits per heavy atom. The van der Waals surface area contributed by atoms with E-state index in [0.717, 1.165) is 6.42 Å². The van der Waals surface area contributed by atoms with Crippen LogP contribution in [0.25, 0.3) is 0 Å². The fourth-order valence-electron chi connectivity index (χ4n) is 1.83. The molecular formula is C13H17F4N. The molecule has 0 amide bonds. The zero-order valence-corrected chi connectivity index (χ0v) is 10.4. The van der Waals surface area contributed by atoms with E-state index in [9.17, 15) is 17.6 Å². The first-order valence-electron chi connectivity index (χ1n) is 5.89. The molecule has 1 rings (SSSR count). The molecule has 0 aliphatic carbocycles. The fraction of sp³-hybridized carbons (Fsp3) is 0.538. The number of hydrogen-bond donors (Lipinski definition) is 1. The highest BCUT2D eigenvalue weighted by Gasteiger charge is 2.33. The van der Waals surface area contributed by atoms with Crippen LogP contribution in [-0.4, -0.2) is 12.7 Å². The van der Waals surface area contributed by atoms with Gasteiger partial charge in [0.05, 0.1) is 6.42 Å². The molecule has 0 heterocycles. The smallest absolute Gasteiger partial charge is 0.310 e. The molecule has 0 fully saturated rings. The molecule has 1 unspecified atom stereocenters. The molecule has 0 saturated carbocycles. The van der Waals surface area contributed by atoms with E-state index in [1.54, 1.807) is 6.92 Å². The predicted octanol–water partition coefficient (Wildman–Crippen LogP) is 4.13. The lowest BCUT2D eigenvalue weighted by molar-refractivity contribution is -0.140. The van der Waals surface area contributed by atoms with Crippen molar-refractivity contribution in [1.29, 1.82) is 0 Å². The molecule has 18 heavy (non-hydrogen) atoms. The van der Waals surface area contributed by atoms with Crippen LogP contribution in [0.5, 0.6) is 0 Å². The Bertz CT molecular complexity index is 387. The van der Waals surface area contributed by atoms with E-state index in [-0.39, 0.29) is 0 Å². The Balaban J connectivity index is 2.97. The fourth-order valence-corrected chi connectivity index (χ4v) is 1.83. The monoisotopic (exact) mass is 263 g/mol. The van der Waals surface area contributed by atoms with Crippen LogP contribution in [0.4, 0.5) is 17.6 Å². The molecule has 1 aromatic rings. The highest BCUT2D eigenvalue weighted by Crippen LogP contribution is 2.31. The van der Waals surface area contributed by atoms with Crippen molar-refractivity contribution < 1.29 is 17.6 Å². The average Bonchev–Trinajstić information content (AvgIpc) is 2.26. The summed E-state index contributed by atoms with van der Waals surface area (Å²) in [6.45, 7) is 4.03. The second-order valence-electron chi connectivity index (χ2n) is 4.33. The molecule has 1 atom stereocenters. The molecule has 5 heteroatoms. The number of alkyl halides is 3. The summed E-state index contributed by atoms with van der Waals surface area (Å²) in [4.78, 5) is 0. The molecule has 0 saturated heterocycles. The molecule has 1 N–H and O–H groups in total. The van der Waals surface area contributed by atoms with Crippen molar-refractivity contribution in [2.24, 2.45) is 0 Å². The van der Waals surface area contributed by atoms with E-state index in [1.807, 2.05) is 6.92 Å². The third-order valence-corrected chi connectivity index (χ3v) is 2.69. The molecule has 0 aliphatic heterocycles. The summed E-state index contributed by atoms with van der Waals surface area (Å²) in [6, 6.07) is 3.04. The van der Waals surface area contributed by atoms with Gasteiger partial charge in [0.2, 0.25) is 0 Å². The minimum Gasteiger partial charge on any atom is -0.310 e. The standard InChI is InChI=1S/C13H17F4N/c1-3-6-18-12(8-13(15,16)17)11-7-10(14)5-4-9(11)2/h4-5,7,12,18H,3,6,8H2,1-2H3. The summed E-state index contributed by atoms with van der Waals surface area (Å²) < 4.78 is 50.7. The number of benzene rings is 1. The van der Waals surface area contributed by atoms with Crippen molar-refractivity contribution in [3.63, 3.8) is 0 Å². The van der Waals surface area contributed by atoms with Gasteiger partial charge in [-0.25, -0.2) is 4.39 Å². The van der Waals surface area contributed by atoms with Crippen molar-refractivity contribution in [3.8, 4) is 0 Å². The Kier molecular flexibility index (Phi) is 5.14. The predicted molar refractivity (Wildman–Crippen MR) is 62.8 cm³/mol. The van der Waals surface area contributed by atoms with Crippen LogP contribution >= 0.6 is 0 Å². The van der Waals surface area contributed by atoms with E-state index in [0.29, 0.717) is 17.7 Å². The number of halogens is 4. The highest BCUT2D eigenvalue weighted by molar-refractivity contribution is 5.29. The summed E-state index contributed by atoms with van der Waals surface area (Å²) in [6.07, 6.45) is -4.54. The van der Waals surface area contributed by atoms with Crippen molar-refractivity contribution in [2.75, 3.05) is 6.54 Å². The molecule has 1 aromatic carbocycles. The minimum absolute atomic E-state index is 0.376. The van der Waals surface area contributed by atoms with Crippen LogP contribution < -0.4 is 5.32 Å². The van der Waals surface area contributed by atoms with Crippen LogP contribution in [0.1, 0.15) is 36.9 Å². The summed E-state index contributed by atoms with van der Waals surface area (Å²) in [5.41, 5.74) is 1.04. The van der Waals surface area contributed by atoms with Crippen LogP contribution in [0.15, 0.2) is 18.2 Å². The molecule has 0 aromatic heterocycles. The SMILES string of the molecule is CCCNC(CC(F)(F)F)c1cc(F)ccc1C. The summed E-state index contributed by atoms with van der Waals surface area (Å²) in [5, 5.41) is 2.82. The quantitative estimate of drug-likeness (QED) is 0.788. The van der Waals surface area contributed by atoms with Gasteiger partial charge >= 0.3 is 6.18 Å². The lowest BCUT2D eigenvalue weighted by Gasteiger charge is -2.22. The van der Waals surface area contributed by atoms with E-state index in [1.165, 1.54) is 18.2 Å². The van der Waals surface area contributed by atoms with E-state index in [2.05, 4.69) is 5.32 Å². The lowest BCUT2D eigenvalue weighted by atomic mass is 9.98. The Morgan fingerprint density at radius 1 is 1.28 bits per heavy atom. The lowest BCUT2D eigenvalue weighted by Crippen LogP contribution is -2.28. The number of hydrogen-bond acceptors (Lipinski definition) is 1. The Labute approximate surface area is 104 Å². The van der Waals surface area contributed by atoms with Crippen molar-refractivity contribution >= 4 is 0 Å². The molecule has 102 valence electrons. The second-order valence-corrected chi connectivity index (χ2v) is 4.33. The van der Waals surface area contributed by atoms with Gasteiger partial charge in [-0.1, -0.05) is 13.0 Å². The summed E-state index contributed by atoms with van der Waals surface area (Å²) in [5.74, 6) is -0.513. The molecule has 0 aliphatic rings. The van der Waals surface area contributed by atoms with Gasteiger partial charge in [0.15, 0.2) is 0 Å². The second kappa shape index (κ2) is 6.18. The largest absolute Gasteiger partial charge is 0.390 e. The first-order chi connectivity index (χ1) is 8.33. The maximum atomic E-state index is 13.2. The third-order valence-electron chi connectivity index (χ3n) is 2.69. The summed E-state index contributed by atoms with van der Waals surface area (Å²) >= 11 is 0. The molecule has 0 spiro atoms. The molecule has 0 radical (unpaired) electrons. The van der Waals surface area contributed by atoms with Gasteiger partial charge in [-0.05, 0) is 43.1 Å². The normalized spacial score (nSPS) is 13.7. The topological polar surface area (TPSA) is 12.0 Å². The molecular weight excluding hydrogens is 246 g/mol. The number of aryl methyl sites for hydroxylation is 1. The average molecular weight is 263 g/mol. The van der Waals surface area contributed by atoms with Gasteiger partial charge in [-0.15, -0.1) is 0 Å². The van der Waals surface area contributed by atoms with Gasteiger partial charge in [0.25, 0.3) is 0 Å². The maximum Gasteiger partial charge on any atom is 0.390 e. The molecule has 0 bridgehead atoms. The van der Waals surface area contributed by atoms with Gasteiger partial charge in [0, 0.05) is 6.04 Å². The van der Waals surface area contributed by atoms with Gasteiger partial charge in [0.1, 0.15) is 5.82 Å². The number of nitrogens with one attached hydrogen (secondary N) is 1. The van der Waals surface area contributed by atoms with Gasteiger partial charge in [-0.3, -0.25) is 0 Å². The van der Waals surface area contributed by atoms with Crippen LogP contribution in [0.3, 0.4) is 0 Å². The number of rotatable bonds is 5. The zero-order chi connectivity index (χ0) is 13.8. The van der Waals surface area contributed by atoms with Crippen molar-refractivity contribution in [1.82, 2.24) is 5.32 Å². The first-order valence-corrected chi connectivity index (χ1v) is 5.89. The highest BCUT2D eigenvalue weighted by atomic mass is 19.4.